The summed E-state index contributed by atoms with van der Waals surface area (Å²) >= 11 is 0. The van der Waals surface area contributed by atoms with Gasteiger partial charge in [-0.2, -0.15) is 0 Å². The van der Waals surface area contributed by atoms with E-state index in [0.29, 0.717) is 30.2 Å². The van der Waals surface area contributed by atoms with Gasteiger partial charge in [-0.25, -0.2) is 0 Å². The number of unbranched alkanes of at least 4 members (excludes halogenated alkanes) is 1. The van der Waals surface area contributed by atoms with Gasteiger partial charge in [0.1, 0.15) is 5.75 Å². The first-order chi connectivity index (χ1) is 15.7. The fraction of sp³-hybridized carbons (Fsp3) is 0.346. The maximum Gasteiger partial charge on any atom is 0.254 e. The second kappa shape index (κ2) is 9.81. The Kier molecular flexibility index (Phi) is 6.69. The van der Waals surface area contributed by atoms with Crippen molar-refractivity contribution >= 4 is 5.91 Å². The lowest BCUT2D eigenvalue weighted by atomic mass is 9.98. The van der Waals surface area contributed by atoms with Crippen LogP contribution in [0.1, 0.15) is 47.4 Å². The lowest BCUT2D eigenvalue weighted by Gasteiger charge is -2.37. The summed E-state index contributed by atoms with van der Waals surface area (Å²) in [7, 11) is 3.24. The molecule has 1 aromatic heterocycles. The molecule has 0 bridgehead atoms. The normalized spacial score (nSPS) is 15.2. The van der Waals surface area contributed by atoms with Gasteiger partial charge in [-0.05, 0) is 60.5 Å². The summed E-state index contributed by atoms with van der Waals surface area (Å²) in [5.41, 5.74) is 2.71. The van der Waals surface area contributed by atoms with Crippen molar-refractivity contribution in [3.05, 3.63) is 77.6 Å². The minimum absolute atomic E-state index is 0.00246. The predicted molar refractivity (Wildman–Crippen MR) is 124 cm³/mol. The molecule has 168 valence electrons. The number of ether oxygens (including phenoxy) is 3. The van der Waals surface area contributed by atoms with E-state index in [1.807, 2.05) is 53.4 Å². The van der Waals surface area contributed by atoms with Gasteiger partial charge >= 0.3 is 0 Å². The third-order valence-corrected chi connectivity index (χ3v) is 5.89. The third kappa shape index (κ3) is 4.31. The molecular weight excluding hydrogens is 404 g/mol. The van der Waals surface area contributed by atoms with Crippen LogP contribution in [0.5, 0.6) is 17.2 Å². The van der Waals surface area contributed by atoms with Crippen LogP contribution >= 0.6 is 0 Å². The molecule has 1 atom stereocenters. The SMILES string of the molecule is CCCCOc1ccc(C(=O)N2CCn3cccc3C2c2ccc(OC)c(OC)c2)cc1. The van der Waals surface area contributed by atoms with Crippen molar-refractivity contribution in [1.82, 2.24) is 9.47 Å². The molecule has 6 heteroatoms. The van der Waals surface area contributed by atoms with E-state index in [-0.39, 0.29) is 11.9 Å². The van der Waals surface area contributed by atoms with E-state index < -0.39 is 0 Å². The summed E-state index contributed by atoms with van der Waals surface area (Å²) in [4.78, 5) is 15.5. The van der Waals surface area contributed by atoms with Crippen molar-refractivity contribution in [2.24, 2.45) is 0 Å². The molecule has 3 aromatic rings. The Morgan fingerprint density at radius 2 is 1.78 bits per heavy atom. The Morgan fingerprint density at radius 1 is 1.00 bits per heavy atom. The minimum atomic E-state index is -0.216. The van der Waals surface area contributed by atoms with Crippen molar-refractivity contribution in [2.45, 2.75) is 32.4 Å². The van der Waals surface area contributed by atoms with Crippen molar-refractivity contribution in [3.63, 3.8) is 0 Å². The van der Waals surface area contributed by atoms with Gasteiger partial charge in [-0.1, -0.05) is 19.4 Å². The highest BCUT2D eigenvalue weighted by Crippen LogP contribution is 2.37. The third-order valence-electron chi connectivity index (χ3n) is 5.89. The monoisotopic (exact) mass is 434 g/mol. The Hall–Kier alpha value is -3.41. The Morgan fingerprint density at radius 3 is 2.50 bits per heavy atom. The van der Waals surface area contributed by atoms with Gasteiger partial charge in [0.2, 0.25) is 0 Å². The van der Waals surface area contributed by atoms with Crippen LogP contribution in [0.15, 0.2) is 60.8 Å². The van der Waals surface area contributed by atoms with Crippen molar-refractivity contribution < 1.29 is 19.0 Å². The predicted octanol–water partition coefficient (Wildman–Crippen LogP) is 4.93. The van der Waals surface area contributed by atoms with E-state index in [9.17, 15) is 4.79 Å². The first-order valence-corrected chi connectivity index (χ1v) is 11.1. The number of amides is 1. The largest absolute Gasteiger partial charge is 0.494 e. The van der Waals surface area contributed by atoms with Crippen LogP contribution in [-0.2, 0) is 6.54 Å². The summed E-state index contributed by atoms with van der Waals surface area (Å²) in [6.07, 6.45) is 4.17. The molecule has 0 saturated heterocycles. The number of fused-ring (bicyclic) bond motifs is 1. The highest BCUT2D eigenvalue weighted by Gasteiger charge is 2.33. The average molecular weight is 435 g/mol. The Balaban J connectivity index is 1.64. The lowest BCUT2D eigenvalue weighted by Crippen LogP contribution is -2.42. The number of nitrogens with zero attached hydrogens (tertiary/aromatic N) is 2. The molecule has 1 amide bonds. The standard InChI is InChI=1S/C26H30N2O4/c1-4-5-17-32-21-11-8-19(9-12-21)26(29)28-16-15-27-14-6-7-22(27)25(28)20-10-13-23(30-2)24(18-20)31-3/h6-14,18,25H,4-5,15-17H2,1-3H3. The van der Waals surface area contributed by atoms with Crippen LogP contribution < -0.4 is 14.2 Å². The number of methoxy groups -OCH3 is 2. The van der Waals surface area contributed by atoms with E-state index in [0.717, 1.165) is 36.4 Å². The fourth-order valence-corrected chi connectivity index (χ4v) is 4.17. The number of benzene rings is 2. The number of hydrogen-bond donors (Lipinski definition) is 0. The Bertz CT molecular complexity index is 1060. The van der Waals surface area contributed by atoms with E-state index >= 15 is 0 Å². The molecular formula is C26H30N2O4. The lowest BCUT2D eigenvalue weighted by molar-refractivity contribution is 0.0663. The summed E-state index contributed by atoms with van der Waals surface area (Å²) in [5.74, 6) is 2.10. The van der Waals surface area contributed by atoms with Crippen LogP contribution in [0.25, 0.3) is 0 Å². The molecule has 0 radical (unpaired) electrons. The van der Waals surface area contributed by atoms with Crippen LogP contribution in [0, 0.1) is 0 Å². The second-order valence-corrected chi connectivity index (χ2v) is 7.87. The highest BCUT2D eigenvalue weighted by molar-refractivity contribution is 5.95. The molecule has 0 spiro atoms. The van der Waals surface area contributed by atoms with E-state index in [1.165, 1.54) is 0 Å². The molecule has 4 rings (SSSR count). The molecule has 1 aliphatic rings. The number of rotatable bonds is 8. The number of carbonyl (C=O) groups excluding carboxylic acids is 1. The van der Waals surface area contributed by atoms with E-state index in [4.69, 9.17) is 14.2 Å². The molecule has 1 unspecified atom stereocenters. The van der Waals surface area contributed by atoms with E-state index in [2.05, 4.69) is 23.8 Å². The van der Waals surface area contributed by atoms with E-state index in [1.54, 1.807) is 14.2 Å². The zero-order valence-corrected chi connectivity index (χ0v) is 18.9. The van der Waals surface area contributed by atoms with Gasteiger partial charge in [-0.15, -0.1) is 0 Å². The minimum Gasteiger partial charge on any atom is -0.494 e. The Labute approximate surface area is 189 Å². The molecule has 0 aliphatic carbocycles. The molecule has 6 nitrogen and oxygen atoms in total. The van der Waals surface area contributed by atoms with Crippen LogP contribution in [0.2, 0.25) is 0 Å². The van der Waals surface area contributed by atoms with Gasteiger partial charge in [0, 0.05) is 30.5 Å². The average Bonchev–Trinajstić information content (AvgIpc) is 3.32. The summed E-state index contributed by atoms with van der Waals surface area (Å²) in [5, 5.41) is 0. The zero-order valence-electron chi connectivity index (χ0n) is 18.9. The quantitative estimate of drug-likeness (QED) is 0.472. The van der Waals surface area contributed by atoms with Crippen LogP contribution in [0.4, 0.5) is 0 Å². The maximum absolute atomic E-state index is 13.6. The van der Waals surface area contributed by atoms with Crippen molar-refractivity contribution in [2.75, 3.05) is 27.4 Å². The molecule has 32 heavy (non-hydrogen) atoms. The topological polar surface area (TPSA) is 52.9 Å². The van der Waals surface area contributed by atoms with Gasteiger partial charge in [-0.3, -0.25) is 4.79 Å². The first kappa shape index (κ1) is 21.8. The number of hydrogen-bond acceptors (Lipinski definition) is 4. The van der Waals surface area contributed by atoms with Crippen LogP contribution in [-0.4, -0.2) is 42.7 Å². The van der Waals surface area contributed by atoms with Crippen molar-refractivity contribution in [1.29, 1.82) is 0 Å². The molecule has 0 fully saturated rings. The molecule has 1 aliphatic heterocycles. The van der Waals surface area contributed by atoms with Gasteiger partial charge in [0.15, 0.2) is 11.5 Å². The maximum atomic E-state index is 13.6. The molecule has 0 N–H and O–H groups in total. The molecule has 2 aromatic carbocycles. The van der Waals surface area contributed by atoms with Crippen molar-refractivity contribution in [3.8, 4) is 17.2 Å². The number of aromatic nitrogens is 1. The van der Waals surface area contributed by atoms with Gasteiger partial charge in [0.05, 0.1) is 26.9 Å². The smallest absolute Gasteiger partial charge is 0.254 e. The number of carbonyl (C=O) groups is 1. The fourth-order valence-electron chi connectivity index (χ4n) is 4.17. The van der Waals surface area contributed by atoms with Gasteiger partial charge in [0.25, 0.3) is 5.91 Å². The molecule has 2 heterocycles. The van der Waals surface area contributed by atoms with Gasteiger partial charge < -0.3 is 23.7 Å². The molecule has 0 saturated carbocycles. The summed E-state index contributed by atoms with van der Waals surface area (Å²) < 4.78 is 18.9. The summed E-state index contributed by atoms with van der Waals surface area (Å²) in [6.45, 7) is 4.20. The summed E-state index contributed by atoms with van der Waals surface area (Å²) in [6, 6.07) is 17.2. The highest BCUT2D eigenvalue weighted by atomic mass is 16.5. The first-order valence-electron chi connectivity index (χ1n) is 11.1. The second-order valence-electron chi connectivity index (χ2n) is 7.87. The zero-order chi connectivity index (χ0) is 22.5. The van der Waals surface area contributed by atoms with Crippen LogP contribution in [0.3, 0.4) is 0 Å².